The van der Waals surface area contributed by atoms with Gasteiger partial charge in [0.05, 0.1) is 5.56 Å². The number of rotatable bonds is 4. The van der Waals surface area contributed by atoms with Crippen molar-refractivity contribution in [2.75, 3.05) is 0 Å². The molecule has 0 radical (unpaired) electrons. The fourth-order valence-corrected chi connectivity index (χ4v) is 2.94. The van der Waals surface area contributed by atoms with Gasteiger partial charge in [-0.1, -0.05) is 53.6 Å². The molecular weight excluding hydrogens is 360 g/mol. The number of fused-ring (bicyclic) bond motifs is 1. The lowest BCUT2D eigenvalue weighted by molar-refractivity contribution is 0.101. The number of Topliss-reactive ketones (excluding diaryl/α,β-unsaturated/α-hetero) is 1. The maximum atomic E-state index is 12.5. The number of allylic oxidation sites excluding steroid dienone is 1. The molecule has 3 aromatic carbocycles. The van der Waals surface area contributed by atoms with Crippen LogP contribution in [0.5, 0.6) is 11.5 Å². The first-order valence-corrected chi connectivity index (χ1v) is 8.98. The van der Waals surface area contributed by atoms with E-state index < -0.39 is 0 Å². The number of carbonyl (C=O) groups excluding carboxylic acids is 1. The van der Waals surface area contributed by atoms with Gasteiger partial charge in [0, 0.05) is 11.1 Å². The summed E-state index contributed by atoms with van der Waals surface area (Å²) < 4.78 is 11.6. The predicted molar refractivity (Wildman–Crippen MR) is 106 cm³/mol. The van der Waals surface area contributed by atoms with Crippen LogP contribution in [0.15, 0.2) is 72.5 Å². The Kier molecular flexibility index (Phi) is 4.69. The topological polar surface area (TPSA) is 35.5 Å². The fourth-order valence-electron chi connectivity index (χ4n) is 2.82. The van der Waals surface area contributed by atoms with Gasteiger partial charge in [0.2, 0.25) is 5.78 Å². The predicted octanol–water partition coefficient (Wildman–Crippen LogP) is 5.84. The van der Waals surface area contributed by atoms with Gasteiger partial charge in [0.25, 0.3) is 0 Å². The molecule has 134 valence electrons. The summed E-state index contributed by atoms with van der Waals surface area (Å²) in [6, 6.07) is 20.7. The summed E-state index contributed by atoms with van der Waals surface area (Å²) in [4.78, 5) is 12.5. The number of benzene rings is 3. The lowest BCUT2D eigenvalue weighted by Crippen LogP contribution is -1.98. The Bertz CT molecular complexity index is 1020. The van der Waals surface area contributed by atoms with Gasteiger partial charge in [-0.05, 0) is 48.4 Å². The highest BCUT2D eigenvalue weighted by atomic mass is 35.5. The van der Waals surface area contributed by atoms with Gasteiger partial charge in [0.1, 0.15) is 18.1 Å². The first-order valence-electron chi connectivity index (χ1n) is 8.61. The molecule has 0 aliphatic carbocycles. The SMILES string of the molecule is Cc1ccc(C=C2Oc3cc(OCc4ccc(Cl)cc4)ccc3C2=O)cc1. The van der Waals surface area contributed by atoms with Crippen LogP contribution in [-0.2, 0) is 6.61 Å². The Balaban J connectivity index is 1.50. The van der Waals surface area contributed by atoms with E-state index in [9.17, 15) is 4.79 Å². The lowest BCUT2D eigenvalue weighted by atomic mass is 10.1. The van der Waals surface area contributed by atoms with Gasteiger partial charge in [-0.2, -0.15) is 0 Å². The van der Waals surface area contributed by atoms with Crippen LogP contribution in [0.3, 0.4) is 0 Å². The minimum absolute atomic E-state index is 0.116. The number of ether oxygens (including phenoxy) is 2. The Labute approximate surface area is 162 Å². The van der Waals surface area contributed by atoms with Gasteiger partial charge >= 0.3 is 0 Å². The summed E-state index contributed by atoms with van der Waals surface area (Å²) in [5, 5.41) is 0.691. The van der Waals surface area contributed by atoms with Crippen LogP contribution in [0.1, 0.15) is 27.0 Å². The Morgan fingerprint density at radius 2 is 1.74 bits per heavy atom. The molecule has 4 heteroatoms. The Hall–Kier alpha value is -3.04. The standard InChI is InChI=1S/C23H17ClO3/c1-15-2-4-16(5-3-15)12-22-23(25)20-11-10-19(13-21(20)27-22)26-14-17-6-8-18(24)9-7-17/h2-13H,14H2,1H3. The average Bonchev–Trinajstić information content (AvgIpc) is 2.98. The molecule has 0 aromatic heterocycles. The van der Waals surface area contributed by atoms with Crippen molar-refractivity contribution in [3.63, 3.8) is 0 Å². The second-order valence-corrected chi connectivity index (χ2v) is 6.86. The molecule has 27 heavy (non-hydrogen) atoms. The molecule has 3 nitrogen and oxygen atoms in total. The fraction of sp³-hybridized carbons (Fsp3) is 0.0870. The quantitative estimate of drug-likeness (QED) is 0.536. The van der Waals surface area contributed by atoms with E-state index in [1.165, 1.54) is 5.56 Å². The normalized spacial score (nSPS) is 14.1. The molecule has 0 saturated heterocycles. The molecule has 4 rings (SSSR count). The summed E-state index contributed by atoms with van der Waals surface area (Å²) in [5.41, 5.74) is 3.65. The van der Waals surface area contributed by atoms with E-state index >= 15 is 0 Å². The Morgan fingerprint density at radius 1 is 1.00 bits per heavy atom. The molecule has 0 amide bonds. The first kappa shape index (κ1) is 17.4. The van der Waals surface area contributed by atoms with E-state index in [2.05, 4.69) is 0 Å². The molecule has 0 unspecified atom stereocenters. The van der Waals surface area contributed by atoms with Gasteiger partial charge in [-0.3, -0.25) is 4.79 Å². The smallest absolute Gasteiger partial charge is 0.231 e. The number of hydrogen-bond donors (Lipinski definition) is 0. The van der Waals surface area contributed by atoms with Crippen LogP contribution in [0.2, 0.25) is 5.02 Å². The summed E-state index contributed by atoms with van der Waals surface area (Å²) in [6.45, 7) is 2.44. The van der Waals surface area contributed by atoms with Crippen molar-refractivity contribution in [2.45, 2.75) is 13.5 Å². The highest BCUT2D eigenvalue weighted by Crippen LogP contribution is 2.35. The van der Waals surface area contributed by atoms with Crippen molar-refractivity contribution >= 4 is 23.5 Å². The largest absolute Gasteiger partial charge is 0.489 e. The Morgan fingerprint density at radius 3 is 2.48 bits per heavy atom. The highest BCUT2D eigenvalue weighted by molar-refractivity contribution is 6.30. The maximum Gasteiger partial charge on any atom is 0.231 e. The molecule has 0 fully saturated rings. The minimum atomic E-state index is -0.116. The van der Waals surface area contributed by atoms with Crippen molar-refractivity contribution in [1.82, 2.24) is 0 Å². The molecule has 0 spiro atoms. The van der Waals surface area contributed by atoms with Crippen LogP contribution in [0.4, 0.5) is 0 Å². The zero-order valence-electron chi connectivity index (χ0n) is 14.7. The van der Waals surface area contributed by atoms with E-state index in [1.54, 1.807) is 24.3 Å². The van der Waals surface area contributed by atoms with Crippen molar-refractivity contribution in [2.24, 2.45) is 0 Å². The zero-order chi connectivity index (χ0) is 18.8. The van der Waals surface area contributed by atoms with E-state index in [0.717, 1.165) is 11.1 Å². The van der Waals surface area contributed by atoms with Crippen molar-refractivity contribution in [3.8, 4) is 11.5 Å². The van der Waals surface area contributed by atoms with Crippen molar-refractivity contribution in [1.29, 1.82) is 0 Å². The third kappa shape index (κ3) is 3.88. The van der Waals surface area contributed by atoms with E-state index in [4.69, 9.17) is 21.1 Å². The second-order valence-electron chi connectivity index (χ2n) is 6.42. The molecule has 1 aliphatic rings. The maximum absolute atomic E-state index is 12.5. The summed E-state index contributed by atoms with van der Waals surface area (Å²) >= 11 is 5.89. The molecular formula is C23H17ClO3. The zero-order valence-corrected chi connectivity index (χ0v) is 15.5. The van der Waals surface area contributed by atoms with Gasteiger partial charge in [0.15, 0.2) is 5.76 Å². The number of carbonyl (C=O) groups is 1. The number of ketones is 1. The molecule has 0 atom stereocenters. The van der Waals surface area contributed by atoms with Crippen LogP contribution < -0.4 is 9.47 Å². The average molecular weight is 377 g/mol. The molecule has 0 saturated carbocycles. The molecule has 0 bridgehead atoms. The minimum Gasteiger partial charge on any atom is -0.489 e. The van der Waals surface area contributed by atoms with E-state index in [1.807, 2.05) is 55.5 Å². The van der Waals surface area contributed by atoms with Crippen LogP contribution in [0.25, 0.3) is 6.08 Å². The number of halogens is 1. The van der Waals surface area contributed by atoms with Gasteiger partial charge < -0.3 is 9.47 Å². The summed E-state index contributed by atoms with van der Waals surface area (Å²) in [6.07, 6.45) is 1.76. The lowest BCUT2D eigenvalue weighted by Gasteiger charge is -2.07. The van der Waals surface area contributed by atoms with Crippen LogP contribution in [-0.4, -0.2) is 5.78 Å². The molecule has 3 aromatic rings. The van der Waals surface area contributed by atoms with Crippen LogP contribution in [0, 0.1) is 6.92 Å². The summed E-state index contributed by atoms with van der Waals surface area (Å²) in [5.74, 6) is 1.37. The molecule has 1 heterocycles. The second kappa shape index (κ2) is 7.29. The van der Waals surface area contributed by atoms with Gasteiger partial charge in [-0.15, -0.1) is 0 Å². The molecule has 0 N–H and O–H groups in total. The molecule has 1 aliphatic heterocycles. The first-order chi connectivity index (χ1) is 13.1. The van der Waals surface area contributed by atoms with Crippen molar-refractivity contribution < 1.29 is 14.3 Å². The number of hydrogen-bond acceptors (Lipinski definition) is 3. The van der Waals surface area contributed by atoms with Crippen molar-refractivity contribution in [3.05, 3.63) is 99.8 Å². The summed E-state index contributed by atoms with van der Waals surface area (Å²) in [7, 11) is 0. The van der Waals surface area contributed by atoms with Gasteiger partial charge in [-0.25, -0.2) is 0 Å². The van der Waals surface area contributed by atoms with E-state index in [0.29, 0.717) is 34.5 Å². The third-order valence-electron chi connectivity index (χ3n) is 4.34. The number of aryl methyl sites for hydroxylation is 1. The van der Waals surface area contributed by atoms with E-state index in [-0.39, 0.29) is 5.78 Å². The third-order valence-corrected chi connectivity index (χ3v) is 4.59. The highest BCUT2D eigenvalue weighted by Gasteiger charge is 2.27. The monoisotopic (exact) mass is 376 g/mol. The van der Waals surface area contributed by atoms with Crippen LogP contribution >= 0.6 is 11.6 Å².